The largest absolute Gasteiger partial charge is 0.374 e. The maximum atomic E-state index is 12.3. The number of carbonyl (C=O) groups excluding carboxylic acids is 2. The van der Waals surface area contributed by atoms with Crippen LogP contribution in [0.5, 0.6) is 0 Å². The highest BCUT2D eigenvalue weighted by Crippen LogP contribution is 2.22. The van der Waals surface area contributed by atoms with E-state index >= 15 is 0 Å². The number of hydrogen-bond acceptors (Lipinski definition) is 5. The monoisotopic (exact) mass is 357 g/mol. The first-order chi connectivity index (χ1) is 11.4. The van der Waals surface area contributed by atoms with Crippen LogP contribution in [0.1, 0.15) is 67.2 Å². The molecule has 0 aromatic carbocycles. The Morgan fingerprint density at radius 1 is 1.12 bits per heavy atom. The van der Waals surface area contributed by atoms with Gasteiger partial charge >= 0.3 is 0 Å². The fourth-order valence-electron chi connectivity index (χ4n) is 2.36. The van der Waals surface area contributed by atoms with Crippen LogP contribution in [-0.4, -0.2) is 43.0 Å². The van der Waals surface area contributed by atoms with E-state index in [1.807, 2.05) is 41.5 Å². The molecule has 148 valence electrons. The lowest BCUT2D eigenvalue weighted by Crippen LogP contribution is -2.43. The maximum absolute atomic E-state index is 12.3. The summed E-state index contributed by atoms with van der Waals surface area (Å²) in [7, 11) is 0. The molecule has 0 heterocycles. The molecule has 0 saturated heterocycles. The van der Waals surface area contributed by atoms with Gasteiger partial charge in [-0.3, -0.25) is 9.59 Å². The molecule has 6 nitrogen and oxygen atoms in total. The van der Waals surface area contributed by atoms with Crippen molar-refractivity contribution >= 4 is 11.7 Å². The molecule has 0 aliphatic carbocycles. The van der Waals surface area contributed by atoms with E-state index in [4.69, 9.17) is 16.2 Å². The normalized spacial score (nSPS) is 13.8. The van der Waals surface area contributed by atoms with E-state index in [2.05, 4.69) is 5.32 Å². The number of ether oxygens (including phenoxy) is 1. The lowest BCUT2D eigenvalue weighted by atomic mass is 9.92. The van der Waals surface area contributed by atoms with Crippen molar-refractivity contribution in [1.82, 2.24) is 5.32 Å². The quantitative estimate of drug-likeness (QED) is 0.437. The van der Waals surface area contributed by atoms with Crippen LogP contribution in [0, 0.1) is 11.3 Å². The van der Waals surface area contributed by atoms with Crippen molar-refractivity contribution < 1.29 is 14.3 Å². The maximum Gasteiger partial charge on any atom is 0.227 e. The van der Waals surface area contributed by atoms with E-state index in [9.17, 15) is 9.59 Å². The predicted molar refractivity (Wildman–Crippen MR) is 102 cm³/mol. The van der Waals surface area contributed by atoms with E-state index in [1.54, 1.807) is 0 Å². The number of hydrogen-bond donors (Lipinski definition) is 3. The fraction of sp³-hybridized carbons (Fsp3) is 0.895. The molecule has 25 heavy (non-hydrogen) atoms. The second kappa shape index (κ2) is 10.9. The molecule has 1 amide bonds. The van der Waals surface area contributed by atoms with Gasteiger partial charge in [0.1, 0.15) is 0 Å². The number of nitrogens with one attached hydrogen (secondary N) is 1. The molecule has 6 heteroatoms. The van der Waals surface area contributed by atoms with Gasteiger partial charge in [0.05, 0.1) is 23.7 Å². The van der Waals surface area contributed by atoms with Gasteiger partial charge in [-0.15, -0.1) is 0 Å². The van der Waals surface area contributed by atoms with Gasteiger partial charge in [-0.2, -0.15) is 0 Å². The summed E-state index contributed by atoms with van der Waals surface area (Å²) >= 11 is 0. The molecule has 0 spiro atoms. The zero-order valence-corrected chi connectivity index (χ0v) is 17.0. The summed E-state index contributed by atoms with van der Waals surface area (Å²) in [6, 6.07) is -0.398. The molecule has 0 aliphatic heterocycles. The smallest absolute Gasteiger partial charge is 0.227 e. The number of unbranched alkanes of at least 4 members (excludes halogenated alkanes) is 1. The Balaban J connectivity index is 4.10. The Kier molecular flexibility index (Phi) is 10.5. The van der Waals surface area contributed by atoms with Gasteiger partial charge in [-0.25, -0.2) is 0 Å². The van der Waals surface area contributed by atoms with Crippen LogP contribution >= 0.6 is 0 Å². The lowest BCUT2D eigenvalue weighted by Gasteiger charge is -2.31. The van der Waals surface area contributed by atoms with Gasteiger partial charge in [0.25, 0.3) is 0 Å². The van der Waals surface area contributed by atoms with Crippen LogP contribution < -0.4 is 16.8 Å². The molecule has 5 N–H and O–H groups in total. The van der Waals surface area contributed by atoms with Crippen molar-refractivity contribution in [1.29, 1.82) is 0 Å². The Morgan fingerprint density at radius 2 is 1.72 bits per heavy atom. The minimum absolute atomic E-state index is 0.0287. The molecule has 0 fully saturated rings. The summed E-state index contributed by atoms with van der Waals surface area (Å²) in [6.07, 6.45) is 3.04. The van der Waals surface area contributed by atoms with Gasteiger partial charge < -0.3 is 21.5 Å². The topological polar surface area (TPSA) is 107 Å². The molecular formula is C19H39N3O3. The highest BCUT2D eigenvalue weighted by Gasteiger charge is 2.30. The number of rotatable bonds is 13. The number of nitrogens with two attached hydrogens (primary N) is 2. The van der Waals surface area contributed by atoms with E-state index < -0.39 is 11.5 Å². The van der Waals surface area contributed by atoms with Crippen LogP contribution in [0.25, 0.3) is 0 Å². The first-order valence-corrected chi connectivity index (χ1v) is 9.34. The predicted octanol–water partition coefficient (Wildman–Crippen LogP) is 2.00. The molecule has 0 radical (unpaired) electrons. The summed E-state index contributed by atoms with van der Waals surface area (Å²) in [6.45, 7) is 12.9. The Morgan fingerprint density at radius 3 is 2.24 bits per heavy atom. The molecule has 1 unspecified atom stereocenters. The van der Waals surface area contributed by atoms with Crippen molar-refractivity contribution in [3.8, 4) is 0 Å². The highest BCUT2D eigenvalue weighted by atomic mass is 16.5. The van der Waals surface area contributed by atoms with Gasteiger partial charge in [-0.1, -0.05) is 13.8 Å². The summed E-state index contributed by atoms with van der Waals surface area (Å²) in [5.74, 6) is 0.0417. The zero-order valence-electron chi connectivity index (χ0n) is 17.0. The minimum Gasteiger partial charge on any atom is -0.374 e. The average Bonchev–Trinajstić information content (AvgIpc) is 2.51. The average molecular weight is 358 g/mol. The molecule has 0 aliphatic rings. The molecular weight excluding hydrogens is 318 g/mol. The van der Waals surface area contributed by atoms with Crippen molar-refractivity contribution in [2.45, 2.75) is 78.9 Å². The second-order valence-electron chi connectivity index (χ2n) is 8.39. The van der Waals surface area contributed by atoms with Crippen molar-refractivity contribution in [2.75, 3.05) is 19.7 Å². The standard InChI is InChI=1S/C19H39N3O3/c1-14(2)16(23)15(21)9-7-8-12-22-17(24)18(3,4)13-25-19(5,6)10-11-20/h14-15H,7-13,20-21H2,1-6H3,(H,22,24). The van der Waals surface area contributed by atoms with Crippen LogP contribution in [0.3, 0.4) is 0 Å². The van der Waals surface area contributed by atoms with E-state index in [-0.39, 0.29) is 23.2 Å². The van der Waals surface area contributed by atoms with Gasteiger partial charge in [0, 0.05) is 12.5 Å². The fourth-order valence-corrected chi connectivity index (χ4v) is 2.36. The lowest BCUT2D eigenvalue weighted by molar-refractivity contribution is -0.137. The van der Waals surface area contributed by atoms with Crippen LogP contribution in [0.15, 0.2) is 0 Å². The van der Waals surface area contributed by atoms with Gasteiger partial charge in [0.2, 0.25) is 5.91 Å². The molecule has 0 aromatic rings. The minimum atomic E-state index is -0.601. The molecule has 1 atom stereocenters. The Bertz CT molecular complexity index is 420. The Hall–Kier alpha value is -0.980. The summed E-state index contributed by atoms with van der Waals surface area (Å²) in [5, 5.41) is 2.95. The first-order valence-electron chi connectivity index (χ1n) is 9.34. The molecule has 0 rings (SSSR count). The van der Waals surface area contributed by atoms with Crippen LogP contribution in [0.4, 0.5) is 0 Å². The summed E-state index contributed by atoms with van der Waals surface area (Å²) < 4.78 is 5.87. The number of ketones is 1. The van der Waals surface area contributed by atoms with E-state index in [0.717, 1.165) is 19.3 Å². The number of amides is 1. The van der Waals surface area contributed by atoms with Crippen molar-refractivity contribution in [2.24, 2.45) is 22.8 Å². The number of Topliss-reactive ketones (excluding diaryl/α,β-unsaturated/α-hetero) is 1. The SMILES string of the molecule is CC(C)C(=O)C(N)CCCCNC(=O)C(C)(C)COC(C)(C)CCN. The molecule has 0 saturated carbocycles. The van der Waals surface area contributed by atoms with E-state index in [0.29, 0.717) is 26.1 Å². The van der Waals surface area contributed by atoms with Crippen molar-refractivity contribution in [3.05, 3.63) is 0 Å². The molecule has 0 aromatic heterocycles. The zero-order chi connectivity index (χ0) is 19.7. The van der Waals surface area contributed by atoms with Crippen molar-refractivity contribution in [3.63, 3.8) is 0 Å². The Labute approximate surface area is 153 Å². The van der Waals surface area contributed by atoms with E-state index in [1.165, 1.54) is 0 Å². The molecule has 0 bridgehead atoms. The first kappa shape index (κ1) is 24.0. The highest BCUT2D eigenvalue weighted by molar-refractivity contribution is 5.85. The van der Waals surface area contributed by atoms with Gasteiger partial charge in [-0.05, 0) is 59.9 Å². The third kappa shape index (κ3) is 9.92. The number of carbonyl (C=O) groups is 2. The third-order valence-corrected chi connectivity index (χ3v) is 4.35. The van der Waals surface area contributed by atoms with Gasteiger partial charge in [0.15, 0.2) is 5.78 Å². The van der Waals surface area contributed by atoms with Crippen LogP contribution in [-0.2, 0) is 14.3 Å². The third-order valence-electron chi connectivity index (χ3n) is 4.35. The second-order valence-corrected chi connectivity index (χ2v) is 8.39. The summed E-state index contributed by atoms with van der Waals surface area (Å²) in [5.41, 5.74) is 10.5. The van der Waals surface area contributed by atoms with Crippen LogP contribution in [0.2, 0.25) is 0 Å². The summed E-state index contributed by atoms with van der Waals surface area (Å²) in [4.78, 5) is 24.1.